The Morgan fingerprint density at radius 1 is 1.28 bits per heavy atom. The van der Waals surface area contributed by atoms with E-state index in [0.717, 1.165) is 4.88 Å². The lowest BCUT2D eigenvalue weighted by Gasteiger charge is -2.43. The predicted molar refractivity (Wildman–Crippen MR) is 102 cm³/mol. The van der Waals surface area contributed by atoms with Crippen LogP contribution in [-0.4, -0.2) is 43.8 Å². The molecule has 4 rings (SSSR count). The number of carbonyl (C=O) groups is 1. The highest BCUT2D eigenvalue weighted by atomic mass is 32.1. The lowest BCUT2D eigenvalue weighted by Crippen LogP contribution is -2.49. The van der Waals surface area contributed by atoms with E-state index < -0.39 is 23.3 Å². The third-order valence-corrected chi connectivity index (χ3v) is 5.77. The van der Waals surface area contributed by atoms with Gasteiger partial charge in [-0.1, -0.05) is 0 Å². The third-order valence-electron chi connectivity index (χ3n) is 4.75. The highest BCUT2D eigenvalue weighted by Gasteiger charge is 2.48. The van der Waals surface area contributed by atoms with Gasteiger partial charge in [-0.15, -0.1) is 21.5 Å². The number of alkyl halides is 1. The van der Waals surface area contributed by atoms with Crippen molar-refractivity contribution in [3.63, 3.8) is 0 Å². The number of nitrogens with one attached hydrogen (secondary N) is 1. The zero-order valence-corrected chi connectivity index (χ0v) is 16.0. The maximum absolute atomic E-state index is 14.2. The molecule has 0 saturated heterocycles. The van der Waals surface area contributed by atoms with E-state index in [4.69, 9.17) is 5.73 Å². The minimum absolute atomic E-state index is 0.111. The van der Waals surface area contributed by atoms with Crippen LogP contribution < -0.4 is 11.1 Å². The van der Waals surface area contributed by atoms with E-state index in [-0.39, 0.29) is 37.4 Å². The second-order valence-corrected chi connectivity index (χ2v) is 8.03. The van der Waals surface area contributed by atoms with Crippen LogP contribution in [0.4, 0.5) is 14.7 Å². The third kappa shape index (κ3) is 4.04. The van der Waals surface area contributed by atoms with Crippen LogP contribution in [0.25, 0.3) is 10.7 Å². The first-order valence-electron chi connectivity index (χ1n) is 8.87. The molecule has 0 aromatic carbocycles. The highest BCUT2D eigenvalue weighted by Crippen LogP contribution is 2.45. The van der Waals surface area contributed by atoms with Crippen LogP contribution in [0.5, 0.6) is 0 Å². The summed E-state index contributed by atoms with van der Waals surface area (Å²) in [6.45, 7) is 0.238. The summed E-state index contributed by atoms with van der Waals surface area (Å²) in [7, 11) is 0. The van der Waals surface area contributed by atoms with Crippen molar-refractivity contribution in [3.05, 3.63) is 47.1 Å². The Balaban J connectivity index is 1.45. The van der Waals surface area contributed by atoms with E-state index >= 15 is 0 Å². The van der Waals surface area contributed by atoms with Gasteiger partial charge in [0.05, 0.1) is 18.3 Å². The highest BCUT2D eigenvalue weighted by molar-refractivity contribution is 7.15. The van der Waals surface area contributed by atoms with E-state index in [1.165, 1.54) is 35.9 Å². The molecule has 1 aliphatic carbocycles. The minimum Gasteiger partial charge on any atom is -0.369 e. The van der Waals surface area contributed by atoms with Crippen LogP contribution in [-0.2, 0) is 16.6 Å². The van der Waals surface area contributed by atoms with Crippen molar-refractivity contribution in [2.75, 3.05) is 11.9 Å². The molecule has 11 heteroatoms. The predicted octanol–water partition coefficient (Wildman–Crippen LogP) is 2.04. The summed E-state index contributed by atoms with van der Waals surface area (Å²) < 4.78 is 27.8. The molecule has 8 nitrogen and oxygen atoms in total. The minimum atomic E-state index is -0.987. The van der Waals surface area contributed by atoms with Gasteiger partial charge in [0.1, 0.15) is 22.7 Å². The fraction of sp³-hybridized carbons (Fsp3) is 0.333. The summed E-state index contributed by atoms with van der Waals surface area (Å²) in [6.07, 6.45) is 4.04. The zero-order valence-electron chi connectivity index (χ0n) is 15.2. The smallest absolute Gasteiger partial charge is 0.242 e. The van der Waals surface area contributed by atoms with Gasteiger partial charge in [0, 0.05) is 29.2 Å². The summed E-state index contributed by atoms with van der Waals surface area (Å²) in [5.74, 6) is -0.652. The van der Waals surface area contributed by atoms with Gasteiger partial charge < -0.3 is 11.1 Å². The Hall–Kier alpha value is -3.08. The molecule has 0 bridgehead atoms. The van der Waals surface area contributed by atoms with Gasteiger partial charge >= 0.3 is 0 Å². The first kappa shape index (κ1) is 19.2. The molecule has 0 spiro atoms. The largest absolute Gasteiger partial charge is 0.369 e. The zero-order chi connectivity index (χ0) is 20.4. The SMILES string of the molecule is NC(=O)Cc1cnc(-c2cnc(NCC3(c4ncccc4F)CC(F)C3)nn2)s1. The number of amides is 1. The summed E-state index contributed by atoms with van der Waals surface area (Å²) in [5, 5.41) is 11.7. The molecule has 0 radical (unpaired) electrons. The Morgan fingerprint density at radius 3 is 2.76 bits per heavy atom. The number of nitrogens with two attached hydrogens (primary N) is 1. The number of primary amides is 1. The van der Waals surface area contributed by atoms with Crippen molar-refractivity contribution in [1.29, 1.82) is 0 Å². The molecule has 1 fully saturated rings. The second-order valence-electron chi connectivity index (χ2n) is 6.92. The maximum atomic E-state index is 14.2. The van der Waals surface area contributed by atoms with Gasteiger partial charge in [-0.25, -0.2) is 18.7 Å². The number of hydrogen-bond acceptors (Lipinski definition) is 8. The normalized spacial score (nSPS) is 20.8. The number of anilines is 1. The fourth-order valence-electron chi connectivity index (χ4n) is 3.37. The average Bonchev–Trinajstić information content (AvgIpc) is 3.13. The van der Waals surface area contributed by atoms with Crippen molar-refractivity contribution >= 4 is 23.2 Å². The fourth-order valence-corrected chi connectivity index (χ4v) is 4.24. The number of aromatic nitrogens is 5. The van der Waals surface area contributed by atoms with Crippen LogP contribution in [0.2, 0.25) is 0 Å². The number of halogens is 2. The van der Waals surface area contributed by atoms with Crippen molar-refractivity contribution in [2.45, 2.75) is 30.8 Å². The number of carbonyl (C=O) groups excluding carboxylic acids is 1. The molecule has 0 unspecified atom stereocenters. The molecular formula is C18H17F2N7OS. The molecule has 0 atom stereocenters. The molecule has 1 saturated carbocycles. The molecule has 3 heterocycles. The average molecular weight is 417 g/mol. The molecule has 29 heavy (non-hydrogen) atoms. The Bertz CT molecular complexity index is 1020. The van der Waals surface area contributed by atoms with E-state index in [2.05, 4.69) is 30.5 Å². The lowest BCUT2D eigenvalue weighted by atomic mass is 9.65. The van der Waals surface area contributed by atoms with Gasteiger partial charge in [0.15, 0.2) is 0 Å². The van der Waals surface area contributed by atoms with Crippen LogP contribution in [0, 0.1) is 5.82 Å². The van der Waals surface area contributed by atoms with Gasteiger partial charge in [0.25, 0.3) is 0 Å². The molecule has 1 aliphatic rings. The quantitative estimate of drug-likeness (QED) is 0.604. The van der Waals surface area contributed by atoms with Crippen molar-refractivity contribution in [1.82, 2.24) is 25.1 Å². The van der Waals surface area contributed by atoms with Crippen LogP contribution in [0.3, 0.4) is 0 Å². The monoisotopic (exact) mass is 417 g/mol. The van der Waals surface area contributed by atoms with Gasteiger partial charge in [0.2, 0.25) is 11.9 Å². The molecular weight excluding hydrogens is 400 g/mol. The van der Waals surface area contributed by atoms with Crippen LogP contribution >= 0.6 is 11.3 Å². The molecule has 3 aromatic rings. The van der Waals surface area contributed by atoms with E-state index in [1.807, 2.05) is 0 Å². The number of hydrogen-bond donors (Lipinski definition) is 2. The first-order valence-corrected chi connectivity index (χ1v) is 9.69. The second kappa shape index (κ2) is 7.74. The molecule has 3 aromatic heterocycles. The first-order chi connectivity index (χ1) is 13.9. The lowest BCUT2D eigenvalue weighted by molar-refractivity contribution is -0.117. The molecule has 1 amide bonds. The number of pyridine rings is 1. The van der Waals surface area contributed by atoms with Crippen LogP contribution in [0.1, 0.15) is 23.4 Å². The number of rotatable bonds is 7. The van der Waals surface area contributed by atoms with Gasteiger partial charge in [-0.05, 0) is 25.0 Å². The summed E-state index contributed by atoms with van der Waals surface area (Å²) in [6, 6.07) is 2.83. The standard InChI is InChI=1S/C18H17F2N7OS/c19-10-5-18(6-10,15-12(20)2-1-3-22-15)9-25-17-24-8-13(26-27-17)16-23-7-11(29-16)4-14(21)28/h1-3,7-8,10H,4-6,9H2,(H2,21,28)(H,24,25,27). The number of thiazole rings is 1. The van der Waals surface area contributed by atoms with E-state index in [0.29, 0.717) is 10.7 Å². The molecule has 3 N–H and O–H groups in total. The Morgan fingerprint density at radius 2 is 2.10 bits per heavy atom. The van der Waals surface area contributed by atoms with E-state index in [9.17, 15) is 13.6 Å². The van der Waals surface area contributed by atoms with Gasteiger partial charge in [-0.2, -0.15) is 0 Å². The summed E-state index contributed by atoms with van der Waals surface area (Å²) >= 11 is 1.28. The topological polar surface area (TPSA) is 120 Å². The van der Waals surface area contributed by atoms with Crippen molar-refractivity contribution in [2.24, 2.45) is 5.73 Å². The Labute approximate surface area is 168 Å². The summed E-state index contributed by atoms with van der Waals surface area (Å²) in [4.78, 5) is 24.2. The van der Waals surface area contributed by atoms with Crippen molar-refractivity contribution < 1.29 is 13.6 Å². The number of nitrogens with zero attached hydrogens (tertiary/aromatic N) is 5. The van der Waals surface area contributed by atoms with Crippen LogP contribution in [0.15, 0.2) is 30.7 Å². The molecule has 150 valence electrons. The van der Waals surface area contributed by atoms with Gasteiger partial charge in [-0.3, -0.25) is 9.78 Å². The van der Waals surface area contributed by atoms with Crippen molar-refractivity contribution in [3.8, 4) is 10.7 Å². The van der Waals surface area contributed by atoms with E-state index in [1.54, 1.807) is 6.20 Å². The maximum Gasteiger partial charge on any atom is 0.242 e. The summed E-state index contributed by atoms with van der Waals surface area (Å²) in [5.41, 5.74) is 5.13. The molecule has 0 aliphatic heterocycles. The Kier molecular flexibility index (Phi) is 5.14.